The summed E-state index contributed by atoms with van der Waals surface area (Å²) < 4.78 is 23.7. The molecule has 0 bridgehead atoms. The summed E-state index contributed by atoms with van der Waals surface area (Å²) in [5.74, 6) is 5.89. The van der Waals surface area contributed by atoms with Crippen LogP contribution in [-0.4, -0.2) is 16.2 Å². The van der Waals surface area contributed by atoms with E-state index in [2.05, 4.69) is 26.8 Å². The highest BCUT2D eigenvalue weighted by Gasteiger charge is 2.07. The SMILES string of the molecule is Cc1nonc1COc1ccc(C#CCCCl)c(F)c1. The van der Waals surface area contributed by atoms with Crippen molar-refractivity contribution in [3.8, 4) is 17.6 Å². The molecule has 0 amide bonds. The summed E-state index contributed by atoms with van der Waals surface area (Å²) in [6.45, 7) is 1.93. The van der Waals surface area contributed by atoms with Crippen molar-refractivity contribution in [2.75, 3.05) is 5.88 Å². The zero-order chi connectivity index (χ0) is 14.4. The Balaban J connectivity index is 2.02. The van der Waals surface area contributed by atoms with Gasteiger partial charge in [0.2, 0.25) is 0 Å². The van der Waals surface area contributed by atoms with Gasteiger partial charge in [0.15, 0.2) is 0 Å². The van der Waals surface area contributed by atoms with Crippen LogP contribution >= 0.6 is 11.6 Å². The largest absolute Gasteiger partial charge is 0.487 e. The van der Waals surface area contributed by atoms with Gasteiger partial charge in [-0.1, -0.05) is 22.2 Å². The zero-order valence-corrected chi connectivity index (χ0v) is 11.6. The second kappa shape index (κ2) is 6.92. The van der Waals surface area contributed by atoms with Crippen molar-refractivity contribution in [1.82, 2.24) is 10.3 Å². The quantitative estimate of drug-likeness (QED) is 0.642. The molecule has 0 aliphatic rings. The summed E-state index contributed by atoms with van der Waals surface area (Å²) in [5.41, 5.74) is 1.55. The number of ether oxygens (including phenoxy) is 1. The van der Waals surface area contributed by atoms with E-state index in [1.54, 1.807) is 19.1 Å². The van der Waals surface area contributed by atoms with Crippen LogP contribution < -0.4 is 4.74 Å². The number of alkyl halides is 1. The van der Waals surface area contributed by atoms with E-state index < -0.39 is 5.82 Å². The third-order valence-electron chi connectivity index (χ3n) is 2.51. The minimum atomic E-state index is -0.431. The summed E-state index contributed by atoms with van der Waals surface area (Å²) in [6, 6.07) is 4.50. The minimum absolute atomic E-state index is 0.173. The van der Waals surface area contributed by atoms with Crippen LogP contribution in [0.5, 0.6) is 5.75 Å². The third kappa shape index (κ3) is 3.72. The first kappa shape index (κ1) is 14.4. The lowest BCUT2D eigenvalue weighted by Gasteiger charge is -2.04. The van der Waals surface area contributed by atoms with Gasteiger partial charge in [-0.15, -0.1) is 11.6 Å². The highest BCUT2D eigenvalue weighted by molar-refractivity contribution is 6.18. The fourth-order valence-electron chi connectivity index (χ4n) is 1.42. The van der Waals surface area contributed by atoms with E-state index in [0.717, 1.165) is 0 Å². The topological polar surface area (TPSA) is 48.2 Å². The third-order valence-corrected chi connectivity index (χ3v) is 2.69. The Morgan fingerprint density at radius 3 is 2.90 bits per heavy atom. The summed E-state index contributed by atoms with van der Waals surface area (Å²) in [6.07, 6.45) is 0.525. The molecular weight excluding hydrogens is 283 g/mol. The molecule has 2 aromatic rings. The Bertz CT molecular complexity index is 646. The van der Waals surface area contributed by atoms with E-state index in [1.807, 2.05) is 0 Å². The minimum Gasteiger partial charge on any atom is -0.487 e. The molecule has 1 heterocycles. The predicted molar refractivity (Wildman–Crippen MR) is 72.0 cm³/mol. The molecule has 0 saturated carbocycles. The van der Waals surface area contributed by atoms with E-state index in [4.69, 9.17) is 16.3 Å². The molecular formula is C14H12ClFN2O2. The maximum Gasteiger partial charge on any atom is 0.145 e. The van der Waals surface area contributed by atoms with Gasteiger partial charge in [-0.05, 0) is 19.1 Å². The molecule has 0 radical (unpaired) electrons. The molecule has 0 aliphatic carbocycles. The molecule has 104 valence electrons. The first-order valence-electron chi connectivity index (χ1n) is 5.96. The summed E-state index contributed by atoms with van der Waals surface area (Å²) in [7, 11) is 0. The molecule has 20 heavy (non-hydrogen) atoms. The zero-order valence-electron chi connectivity index (χ0n) is 10.8. The van der Waals surface area contributed by atoms with Crippen LogP contribution in [0.3, 0.4) is 0 Å². The van der Waals surface area contributed by atoms with Gasteiger partial charge in [-0.2, -0.15) is 0 Å². The lowest BCUT2D eigenvalue weighted by molar-refractivity contribution is 0.269. The lowest BCUT2D eigenvalue weighted by Crippen LogP contribution is -1.98. The van der Waals surface area contributed by atoms with Crippen LogP contribution in [0.15, 0.2) is 22.8 Å². The van der Waals surface area contributed by atoms with Crippen LogP contribution in [0.1, 0.15) is 23.4 Å². The molecule has 2 rings (SSSR count). The molecule has 0 fully saturated rings. The van der Waals surface area contributed by atoms with Gasteiger partial charge in [0, 0.05) is 18.4 Å². The van der Waals surface area contributed by atoms with Crippen LogP contribution in [0.4, 0.5) is 4.39 Å². The van der Waals surface area contributed by atoms with Crippen molar-refractivity contribution in [2.24, 2.45) is 0 Å². The number of rotatable bonds is 4. The number of hydrogen-bond donors (Lipinski definition) is 0. The number of hydrogen-bond acceptors (Lipinski definition) is 4. The summed E-state index contributed by atoms with van der Waals surface area (Å²) >= 11 is 5.50. The van der Waals surface area contributed by atoms with E-state index in [0.29, 0.717) is 35.0 Å². The molecule has 0 unspecified atom stereocenters. The molecule has 1 aromatic heterocycles. The van der Waals surface area contributed by atoms with Crippen LogP contribution in [0, 0.1) is 24.6 Å². The van der Waals surface area contributed by atoms with Crippen LogP contribution in [0.25, 0.3) is 0 Å². The van der Waals surface area contributed by atoms with Gasteiger partial charge in [0.1, 0.15) is 29.6 Å². The first-order valence-corrected chi connectivity index (χ1v) is 6.49. The van der Waals surface area contributed by atoms with Crippen molar-refractivity contribution in [2.45, 2.75) is 20.0 Å². The molecule has 0 N–H and O–H groups in total. The summed E-state index contributed by atoms with van der Waals surface area (Å²) in [4.78, 5) is 0. The van der Waals surface area contributed by atoms with Gasteiger partial charge < -0.3 is 4.74 Å². The fraction of sp³-hybridized carbons (Fsp3) is 0.286. The average molecular weight is 295 g/mol. The fourth-order valence-corrected chi connectivity index (χ4v) is 1.52. The van der Waals surface area contributed by atoms with E-state index >= 15 is 0 Å². The van der Waals surface area contributed by atoms with Gasteiger partial charge in [0.25, 0.3) is 0 Å². The normalized spacial score (nSPS) is 9.95. The maximum atomic E-state index is 13.8. The van der Waals surface area contributed by atoms with Gasteiger partial charge in [-0.25, -0.2) is 9.02 Å². The number of benzene rings is 1. The number of aryl methyl sites for hydroxylation is 1. The van der Waals surface area contributed by atoms with Gasteiger partial charge in [-0.3, -0.25) is 0 Å². The summed E-state index contributed by atoms with van der Waals surface area (Å²) in [5, 5.41) is 7.31. The number of aromatic nitrogens is 2. The second-order valence-electron chi connectivity index (χ2n) is 3.97. The van der Waals surface area contributed by atoms with E-state index in [-0.39, 0.29) is 6.61 Å². The molecule has 0 spiro atoms. The maximum absolute atomic E-state index is 13.8. The monoisotopic (exact) mass is 294 g/mol. The van der Waals surface area contributed by atoms with Crippen molar-refractivity contribution >= 4 is 11.6 Å². The molecule has 0 saturated heterocycles. The highest BCUT2D eigenvalue weighted by atomic mass is 35.5. The first-order chi connectivity index (χ1) is 9.70. The van der Waals surface area contributed by atoms with Gasteiger partial charge in [0.05, 0.1) is 5.56 Å². The van der Waals surface area contributed by atoms with Crippen molar-refractivity contribution in [3.63, 3.8) is 0 Å². The Morgan fingerprint density at radius 1 is 1.40 bits per heavy atom. The molecule has 0 aliphatic heterocycles. The smallest absolute Gasteiger partial charge is 0.145 e. The Labute approximate surface area is 120 Å². The Kier molecular flexibility index (Phi) is 4.97. The van der Waals surface area contributed by atoms with E-state index in [9.17, 15) is 4.39 Å². The average Bonchev–Trinajstić information content (AvgIpc) is 2.84. The van der Waals surface area contributed by atoms with Crippen molar-refractivity contribution < 1.29 is 13.8 Å². The van der Waals surface area contributed by atoms with E-state index in [1.165, 1.54) is 6.07 Å². The number of nitrogens with zero attached hydrogens (tertiary/aromatic N) is 2. The molecule has 1 aromatic carbocycles. The molecule has 6 heteroatoms. The van der Waals surface area contributed by atoms with Gasteiger partial charge >= 0.3 is 0 Å². The standard InChI is InChI=1S/C14H12ClFN2O2/c1-10-14(18-20-17-10)9-19-12-6-5-11(13(16)8-12)4-2-3-7-15/h5-6,8H,3,7,9H2,1H3. The Hall–Kier alpha value is -2.06. The second-order valence-corrected chi connectivity index (χ2v) is 4.35. The van der Waals surface area contributed by atoms with Crippen molar-refractivity contribution in [1.29, 1.82) is 0 Å². The lowest BCUT2D eigenvalue weighted by atomic mass is 10.2. The predicted octanol–water partition coefficient (Wildman–Crippen LogP) is 3.08. The van der Waals surface area contributed by atoms with Crippen LogP contribution in [-0.2, 0) is 6.61 Å². The van der Waals surface area contributed by atoms with Crippen LogP contribution in [0.2, 0.25) is 0 Å². The Morgan fingerprint density at radius 2 is 2.25 bits per heavy atom. The highest BCUT2D eigenvalue weighted by Crippen LogP contribution is 2.17. The molecule has 0 atom stereocenters. The number of halogens is 2. The molecule has 4 nitrogen and oxygen atoms in total. The van der Waals surface area contributed by atoms with Crippen molar-refractivity contribution in [3.05, 3.63) is 41.0 Å².